The summed E-state index contributed by atoms with van der Waals surface area (Å²) in [5.74, 6) is -1.52. The van der Waals surface area contributed by atoms with Crippen LogP contribution in [0.25, 0.3) is 0 Å². The summed E-state index contributed by atoms with van der Waals surface area (Å²) in [6, 6.07) is 10.1. The molecule has 2 atom stereocenters. The van der Waals surface area contributed by atoms with Crippen LogP contribution in [0.2, 0.25) is 0 Å². The zero-order valence-electron chi connectivity index (χ0n) is 19.7. The molecule has 0 spiro atoms. The lowest BCUT2D eigenvalue weighted by Crippen LogP contribution is -2.49. The Hall–Kier alpha value is -3.38. The van der Waals surface area contributed by atoms with Gasteiger partial charge in [-0.2, -0.15) is 18.4 Å². The Morgan fingerprint density at radius 1 is 1.24 bits per heavy atom. The third-order valence-electron chi connectivity index (χ3n) is 6.31. The van der Waals surface area contributed by atoms with Gasteiger partial charge in [-0.05, 0) is 57.3 Å². The molecule has 1 aliphatic rings. The van der Waals surface area contributed by atoms with Crippen LogP contribution in [0.5, 0.6) is 0 Å². The molecule has 2 aromatic rings. The number of halogens is 3. The number of nitriles is 1. The molecule has 1 fully saturated rings. The van der Waals surface area contributed by atoms with E-state index in [9.17, 15) is 22.8 Å². The normalized spacial score (nSPS) is 20.5. The van der Waals surface area contributed by atoms with E-state index in [0.717, 1.165) is 28.9 Å². The number of hydrogen-bond donors (Lipinski definition) is 1. The number of carbonyl (C=O) groups excluding carboxylic acids is 2. The number of anilines is 2. The highest BCUT2D eigenvalue weighted by Gasteiger charge is 2.55. The number of nitrogens with zero attached hydrogens (tertiary/aromatic N) is 3. The highest BCUT2D eigenvalue weighted by Crippen LogP contribution is 2.43. The van der Waals surface area contributed by atoms with Crippen molar-refractivity contribution in [3.63, 3.8) is 0 Å². The molecule has 3 rings (SSSR count). The highest BCUT2D eigenvalue weighted by atomic mass is 19.4. The van der Waals surface area contributed by atoms with Crippen LogP contribution in [0.3, 0.4) is 0 Å². The molecule has 0 aromatic heterocycles. The molecule has 6 nitrogen and oxygen atoms in total. The molecule has 180 valence electrons. The van der Waals surface area contributed by atoms with Crippen molar-refractivity contribution in [2.75, 3.05) is 37.4 Å². The van der Waals surface area contributed by atoms with Crippen LogP contribution in [-0.4, -0.2) is 43.9 Å². The molecular formula is C25H27F3N4O2. The monoisotopic (exact) mass is 472 g/mol. The lowest BCUT2D eigenvalue weighted by molar-refractivity contribution is -0.137. The van der Waals surface area contributed by atoms with Gasteiger partial charge < -0.3 is 15.1 Å². The van der Waals surface area contributed by atoms with E-state index in [-0.39, 0.29) is 30.2 Å². The third-order valence-corrected chi connectivity index (χ3v) is 6.31. The molecule has 2 aromatic carbocycles. The molecule has 0 bridgehead atoms. The van der Waals surface area contributed by atoms with Crippen molar-refractivity contribution in [3.8, 4) is 6.07 Å². The highest BCUT2D eigenvalue weighted by molar-refractivity contribution is 6.08. The number of para-hydroxylation sites is 1. The lowest BCUT2D eigenvalue weighted by atomic mass is 9.77. The second-order valence-corrected chi connectivity index (χ2v) is 9.14. The van der Waals surface area contributed by atoms with E-state index in [2.05, 4.69) is 5.32 Å². The maximum Gasteiger partial charge on any atom is 0.416 e. The molecule has 2 amide bonds. The molecule has 0 aliphatic carbocycles. The van der Waals surface area contributed by atoms with Crippen molar-refractivity contribution >= 4 is 23.2 Å². The summed E-state index contributed by atoms with van der Waals surface area (Å²) in [4.78, 5) is 30.4. The molecule has 1 heterocycles. The quantitative estimate of drug-likeness (QED) is 0.702. The maximum atomic E-state index is 13.7. The first-order chi connectivity index (χ1) is 15.8. The van der Waals surface area contributed by atoms with E-state index in [1.165, 1.54) is 6.07 Å². The molecule has 0 unspecified atom stereocenters. The first kappa shape index (κ1) is 25.2. The Labute approximate surface area is 197 Å². The summed E-state index contributed by atoms with van der Waals surface area (Å²) in [7, 11) is 3.54. The maximum absolute atomic E-state index is 13.7. The minimum atomic E-state index is -4.68. The van der Waals surface area contributed by atoms with E-state index < -0.39 is 29.0 Å². The van der Waals surface area contributed by atoms with Crippen LogP contribution in [0.15, 0.2) is 36.4 Å². The van der Waals surface area contributed by atoms with Gasteiger partial charge >= 0.3 is 6.18 Å². The lowest BCUT2D eigenvalue weighted by Gasteiger charge is -2.33. The molecule has 0 saturated carbocycles. The second kappa shape index (κ2) is 9.11. The Balaban J connectivity index is 2.04. The molecule has 1 saturated heterocycles. The van der Waals surface area contributed by atoms with Crippen LogP contribution >= 0.6 is 0 Å². The fraction of sp³-hybridized carbons (Fsp3) is 0.400. The van der Waals surface area contributed by atoms with Gasteiger partial charge in [0.05, 0.1) is 28.5 Å². The Morgan fingerprint density at radius 3 is 2.38 bits per heavy atom. The predicted molar refractivity (Wildman–Crippen MR) is 123 cm³/mol. The molecular weight excluding hydrogens is 445 g/mol. The SMILES string of the molecule is Cc1cccc(C)c1N1C[C@@](CN(C)C)(C(=O)Nc2cc(C#N)cc(C(F)(F)F)c2)[C@H](C)C1=O. The molecule has 1 aliphatic heterocycles. The number of amides is 2. The first-order valence-electron chi connectivity index (χ1n) is 10.8. The third kappa shape index (κ3) is 4.64. The second-order valence-electron chi connectivity index (χ2n) is 9.14. The van der Waals surface area contributed by atoms with Crippen molar-refractivity contribution in [3.05, 3.63) is 58.7 Å². The average molecular weight is 473 g/mol. The van der Waals surface area contributed by atoms with Crippen molar-refractivity contribution in [1.82, 2.24) is 4.90 Å². The zero-order chi connectivity index (χ0) is 25.4. The number of benzene rings is 2. The average Bonchev–Trinajstić information content (AvgIpc) is 2.98. The van der Waals surface area contributed by atoms with E-state index in [4.69, 9.17) is 5.26 Å². The minimum Gasteiger partial charge on any atom is -0.325 e. The van der Waals surface area contributed by atoms with E-state index >= 15 is 0 Å². The van der Waals surface area contributed by atoms with Crippen LogP contribution < -0.4 is 10.2 Å². The topological polar surface area (TPSA) is 76.4 Å². The van der Waals surface area contributed by atoms with Gasteiger partial charge in [-0.3, -0.25) is 9.59 Å². The number of aryl methyl sites for hydroxylation is 2. The van der Waals surface area contributed by atoms with E-state index in [1.54, 1.807) is 36.9 Å². The Kier molecular flexibility index (Phi) is 6.76. The van der Waals surface area contributed by atoms with Crippen molar-refractivity contribution in [1.29, 1.82) is 5.26 Å². The van der Waals surface area contributed by atoms with Gasteiger partial charge in [0.15, 0.2) is 0 Å². The summed E-state index contributed by atoms with van der Waals surface area (Å²) in [6.45, 7) is 5.73. The summed E-state index contributed by atoms with van der Waals surface area (Å²) < 4.78 is 40.0. The van der Waals surface area contributed by atoms with E-state index in [1.807, 2.05) is 32.0 Å². The van der Waals surface area contributed by atoms with Crippen LogP contribution in [0, 0.1) is 36.5 Å². The van der Waals surface area contributed by atoms with Crippen LogP contribution in [0.1, 0.15) is 29.2 Å². The molecule has 1 N–H and O–H groups in total. The number of alkyl halides is 3. The zero-order valence-corrected chi connectivity index (χ0v) is 19.7. The number of hydrogen-bond acceptors (Lipinski definition) is 4. The Bertz CT molecular complexity index is 1150. The minimum absolute atomic E-state index is 0.0762. The molecule has 0 radical (unpaired) electrons. The van der Waals surface area contributed by atoms with E-state index in [0.29, 0.717) is 0 Å². The molecule has 9 heteroatoms. The van der Waals surface area contributed by atoms with Gasteiger partial charge in [0.2, 0.25) is 11.8 Å². The van der Waals surface area contributed by atoms with Gasteiger partial charge in [-0.15, -0.1) is 0 Å². The molecule has 34 heavy (non-hydrogen) atoms. The van der Waals surface area contributed by atoms with Gasteiger partial charge in [0.1, 0.15) is 0 Å². The van der Waals surface area contributed by atoms with Crippen molar-refractivity contribution in [2.45, 2.75) is 26.9 Å². The summed E-state index contributed by atoms with van der Waals surface area (Å²) in [5, 5.41) is 11.7. The van der Waals surface area contributed by atoms with Gasteiger partial charge in [-0.1, -0.05) is 25.1 Å². The largest absolute Gasteiger partial charge is 0.416 e. The number of nitrogens with one attached hydrogen (secondary N) is 1. The van der Waals surface area contributed by atoms with Gasteiger partial charge in [0, 0.05) is 24.5 Å². The van der Waals surface area contributed by atoms with Crippen molar-refractivity contribution < 1.29 is 22.8 Å². The standard InChI is InChI=1S/C25H27F3N4O2/c1-15-7-6-8-16(2)21(15)32-14-24(13-31(4)5,17(3)22(32)33)23(34)30-20-10-18(12-29)9-19(11-20)25(26,27)28/h6-11,17H,13-14H2,1-5H3,(H,30,34)/t17-,24-/m1/s1. The van der Waals surface area contributed by atoms with Crippen LogP contribution in [0.4, 0.5) is 24.5 Å². The summed E-state index contributed by atoms with van der Waals surface area (Å²) >= 11 is 0. The summed E-state index contributed by atoms with van der Waals surface area (Å²) in [6.07, 6.45) is -4.68. The van der Waals surface area contributed by atoms with Gasteiger partial charge in [-0.25, -0.2) is 0 Å². The first-order valence-corrected chi connectivity index (χ1v) is 10.8. The van der Waals surface area contributed by atoms with Gasteiger partial charge in [0.25, 0.3) is 0 Å². The summed E-state index contributed by atoms with van der Waals surface area (Å²) in [5.41, 5.74) is -0.110. The van der Waals surface area contributed by atoms with Crippen LogP contribution in [-0.2, 0) is 15.8 Å². The number of rotatable bonds is 5. The van der Waals surface area contributed by atoms with Crippen molar-refractivity contribution in [2.24, 2.45) is 11.3 Å². The fourth-order valence-corrected chi connectivity index (χ4v) is 4.66. The number of carbonyl (C=O) groups is 2. The Morgan fingerprint density at radius 2 is 1.85 bits per heavy atom. The predicted octanol–water partition coefficient (Wildman–Crippen LogP) is 4.36. The fourth-order valence-electron chi connectivity index (χ4n) is 4.66. The smallest absolute Gasteiger partial charge is 0.325 e.